The lowest BCUT2D eigenvalue weighted by molar-refractivity contribution is -0.129. The Kier molecular flexibility index (Phi) is 5.57. The second-order valence-electron chi connectivity index (χ2n) is 3.03. The average molecular weight is 238 g/mol. The van der Waals surface area contributed by atoms with Gasteiger partial charge in [0.2, 0.25) is 0 Å². The normalized spacial score (nSPS) is 9.47. The highest BCUT2D eigenvalue weighted by atomic mass is 16.6. The van der Waals surface area contributed by atoms with E-state index in [1.54, 1.807) is 24.3 Å². The minimum atomic E-state index is -0.497. The fourth-order valence-corrected chi connectivity index (χ4v) is 1.22. The number of benzene rings is 1. The van der Waals surface area contributed by atoms with Gasteiger partial charge in [-0.2, -0.15) is 0 Å². The Morgan fingerprint density at radius 1 is 1.29 bits per heavy atom. The van der Waals surface area contributed by atoms with Crippen LogP contribution >= 0.6 is 0 Å². The van der Waals surface area contributed by atoms with Crippen LogP contribution in [0.1, 0.15) is 17.3 Å². The Labute approximate surface area is 99.3 Å². The van der Waals surface area contributed by atoms with Gasteiger partial charge in [-0.05, 0) is 19.1 Å². The first-order valence-electron chi connectivity index (χ1n) is 5.23. The molecule has 0 aliphatic carbocycles. The number of ether oxygens (including phenoxy) is 3. The number of carbonyl (C=O) groups is 2. The van der Waals surface area contributed by atoms with Gasteiger partial charge >= 0.3 is 5.97 Å². The fraction of sp³-hybridized carbons (Fsp3) is 0.333. The van der Waals surface area contributed by atoms with Gasteiger partial charge in [0.05, 0.1) is 6.61 Å². The molecule has 1 rings (SSSR count). The Balaban J connectivity index is 2.58. The van der Waals surface area contributed by atoms with Crippen molar-refractivity contribution in [2.45, 2.75) is 6.92 Å². The van der Waals surface area contributed by atoms with Gasteiger partial charge in [0.25, 0.3) is 6.47 Å². The SMILES string of the molecule is CCOc1ccccc1C(=O)OCCOC=O. The predicted octanol–water partition coefficient (Wildman–Crippen LogP) is 1.42. The zero-order valence-corrected chi connectivity index (χ0v) is 9.55. The fourth-order valence-electron chi connectivity index (χ4n) is 1.22. The van der Waals surface area contributed by atoms with Crippen LogP contribution in [-0.2, 0) is 14.3 Å². The first-order valence-corrected chi connectivity index (χ1v) is 5.23. The molecular weight excluding hydrogens is 224 g/mol. The van der Waals surface area contributed by atoms with E-state index in [1.807, 2.05) is 6.92 Å². The van der Waals surface area contributed by atoms with Crippen LogP contribution in [0.15, 0.2) is 24.3 Å². The number of esters is 1. The third-order valence-electron chi connectivity index (χ3n) is 1.91. The summed E-state index contributed by atoms with van der Waals surface area (Å²) >= 11 is 0. The molecule has 0 fully saturated rings. The summed E-state index contributed by atoms with van der Waals surface area (Å²) in [4.78, 5) is 21.5. The summed E-state index contributed by atoms with van der Waals surface area (Å²) in [6.07, 6.45) is 0. The topological polar surface area (TPSA) is 61.8 Å². The predicted molar refractivity (Wildman–Crippen MR) is 59.9 cm³/mol. The van der Waals surface area contributed by atoms with Crippen molar-refractivity contribution in [1.82, 2.24) is 0 Å². The third-order valence-corrected chi connectivity index (χ3v) is 1.91. The van der Waals surface area contributed by atoms with E-state index in [4.69, 9.17) is 9.47 Å². The summed E-state index contributed by atoms with van der Waals surface area (Å²) in [5, 5.41) is 0. The summed E-state index contributed by atoms with van der Waals surface area (Å²) in [5.74, 6) is -0.0140. The molecule has 17 heavy (non-hydrogen) atoms. The molecule has 0 amide bonds. The lowest BCUT2D eigenvalue weighted by atomic mass is 10.2. The number of rotatable bonds is 7. The van der Waals surface area contributed by atoms with E-state index >= 15 is 0 Å². The van der Waals surface area contributed by atoms with E-state index < -0.39 is 5.97 Å². The van der Waals surface area contributed by atoms with Gasteiger partial charge in [-0.25, -0.2) is 4.79 Å². The zero-order chi connectivity index (χ0) is 12.5. The van der Waals surface area contributed by atoms with E-state index in [2.05, 4.69) is 4.74 Å². The Hall–Kier alpha value is -2.04. The maximum atomic E-state index is 11.7. The first kappa shape index (κ1) is 13.0. The smallest absolute Gasteiger partial charge is 0.342 e. The van der Waals surface area contributed by atoms with Crippen molar-refractivity contribution < 1.29 is 23.8 Å². The number of para-hydroxylation sites is 1. The third kappa shape index (κ3) is 4.14. The molecule has 1 aromatic carbocycles. The van der Waals surface area contributed by atoms with Gasteiger partial charge < -0.3 is 14.2 Å². The van der Waals surface area contributed by atoms with E-state index in [9.17, 15) is 9.59 Å². The van der Waals surface area contributed by atoms with Crippen molar-refractivity contribution in [2.75, 3.05) is 19.8 Å². The van der Waals surface area contributed by atoms with Crippen LogP contribution in [0.5, 0.6) is 5.75 Å². The first-order chi connectivity index (χ1) is 8.29. The summed E-state index contributed by atoms with van der Waals surface area (Å²) in [7, 11) is 0. The minimum Gasteiger partial charge on any atom is -0.493 e. The van der Waals surface area contributed by atoms with Crippen molar-refractivity contribution in [3.8, 4) is 5.75 Å². The van der Waals surface area contributed by atoms with Crippen LogP contribution < -0.4 is 4.74 Å². The lowest BCUT2D eigenvalue weighted by Crippen LogP contribution is -2.12. The molecule has 92 valence electrons. The summed E-state index contributed by atoms with van der Waals surface area (Å²) in [5.41, 5.74) is 0.362. The molecule has 0 atom stereocenters. The highest BCUT2D eigenvalue weighted by molar-refractivity contribution is 5.92. The maximum Gasteiger partial charge on any atom is 0.342 e. The molecule has 0 aliphatic heterocycles. The van der Waals surface area contributed by atoms with E-state index in [0.29, 0.717) is 24.4 Å². The summed E-state index contributed by atoms with van der Waals surface area (Å²) < 4.78 is 14.6. The molecule has 1 aromatic rings. The molecular formula is C12H14O5. The standard InChI is InChI=1S/C12H14O5/c1-2-16-11-6-4-3-5-10(11)12(14)17-8-7-15-9-13/h3-6,9H,2,7-8H2,1H3. The van der Waals surface area contributed by atoms with E-state index in [-0.39, 0.29) is 13.2 Å². The number of hydrogen-bond donors (Lipinski definition) is 0. The highest BCUT2D eigenvalue weighted by Gasteiger charge is 2.12. The molecule has 5 nitrogen and oxygen atoms in total. The van der Waals surface area contributed by atoms with Crippen LogP contribution in [0.3, 0.4) is 0 Å². The monoisotopic (exact) mass is 238 g/mol. The molecule has 0 radical (unpaired) electrons. The summed E-state index contributed by atoms with van der Waals surface area (Å²) in [6, 6.07) is 6.81. The van der Waals surface area contributed by atoms with Crippen LogP contribution in [0, 0.1) is 0 Å². The largest absolute Gasteiger partial charge is 0.493 e. The van der Waals surface area contributed by atoms with Gasteiger partial charge in [0, 0.05) is 0 Å². The molecule has 0 saturated carbocycles. The van der Waals surface area contributed by atoms with E-state index in [0.717, 1.165) is 0 Å². The molecule has 0 aliphatic rings. The van der Waals surface area contributed by atoms with Gasteiger partial charge in [-0.1, -0.05) is 12.1 Å². The van der Waals surface area contributed by atoms with Crippen LogP contribution in [-0.4, -0.2) is 32.3 Å². The van der Waals surface area contributed by atoms with Crippen LogP contribution in [0.25, 0.3) is 0 Å². The van der Waals surface area contributed by atoms with Gasteiger partial charge in [0.1, 0.15) is 24.5 Å². The molecule has 5 heteroatoms. The zero-order valence-electron chi connectivity index (χ0n) is 9.55. The average Bonchev–Trinajstić information content (AvgIpc) is 2.35. The van der Waals surface area contributed by atoms with Gasteiger partial charge in [-0.3, -0.25) is 4.79 Å². The van der Waals surface area contributed by atoms with Gasteiger partial charge in [-0.15, -0.1) is 0 Å². The van der Waals surface area contributed by atoms with Crippen molar-refractivity contribution >= 4 is 12.4 Å². The number of carbonyl (C=O) groups excluding carboxylic acids is 2. The molecule has 0 N–H and O–H groups in total. The minimum absolute atomic E-state index is 0.0258. The molecule has 0 spiro atoms. The van der Waals surface area contributed by atoms with Crippen molar-refractivity contribution in [2.24, 2.45) is 0 Å². The molecule has 0 unspecified atom stereocenters. The maximum absolute atomic E-state index is 11.7. The van der Waals surface area contributed by atoms with Crippen molar-refractivity contribution in [1.29, 1.82) is 0 Å². The van der Waals surface area contributed by atoms with E-state index in [1.165, 1.54) is 0 Å². The van der Waals surface area contributed by atoms with Crippen molar-refractivity contribution in [3.63, 3.8) is 0 Å². The molecule has 0 aromatic heterocycles. The Bertz CT molecular complexity index is 375. The molecule has 0 bridgehead atoms. The van der Waals surface area contributed by atoms with Crippen LogP contribution in [0.4, 0.5) is 0 Å². The van der Waals surface area contributed by atoms with Crippen molar-refractivity contribution in [3.05, 3.63) is 29.8 Å². The van der Waals surface area contributed by atoms with Gasteiger partial charge in [0.15, 0.2) is 0 Å². The highest BCUT2D eigenvalue weighted by Crippen LogP contribution is 2.18. The summed E-state index contributed by atoms with van der Waals surface area (Å²) in [6.45, 7) is 2.69. The second kappa shape index (κ2) is 7.27. The quantitative estimate of drug-likeness (QED) is 0.408. The molecule has 0 saturated heterocycles. The van der Waals surface area contributed by atoms with Crippen LogP contribution in [0.2, 0.25) is 0 Å². The Morgan fingerprint density at radius 3 is 2.76 bits per heavy atom. The Morgan fingerprint density at radius 2 is 2.06 bits per heavy atom. The second-order valence-corrected chi connectivity index (χ2v) is 3.03. The lowest BCUT2D eigenvalue weighted by Gasteiger charge is -2.09. The number of hydrogen-bond acceptors (Lipinski definition) is 5. The molecule has 0 heterocycles.